The van der Waals surface area contributed by atoms with Gasteiger partial charge in [0, 0.05) is 17.6 Å². The van der Waals surface area contributed by atoms with Crippen molar-refractivity contribution in [2.75, 3.05) is 31.1 Å². The molecule has 1 spiro atoms. The van der Waals surface area contributed by atoms with E-state index in [1.807, 2.05) is 56.0 Å². The van der Waals surface area contributed by atoms with Crippen molar-refractivity contribution in [2.24, 2.45) is 5.41 Å². The molecule has 1 aromatic carbocycles. The number of para-hydroxylation sites is 1. The van der Waals surface area contributed by atoms with E-state index < -0.39 is 11.0 Å². The Balaban J connectivity index is 1.80. The van der Waals surface area contributed by atoms with Crippen molar-refractivity contribution in [1.29, 1.82) is 0 Å². The molecule has 2 amide bonds. The summed E-state index contributed by atoms with van der Waals surface area (Å²) in [5.41, 5.74) is 0.0369. The fourth-order valence-electron chi connectivity index (χ4n) is 3.55. The van der Waals surface area contributed by atoms with Gasteiger partial charge in [-0.1, -0.05) is 39.0 Å². The summed E-state index contributed by atoms with van der Waals surface area (Å²) in [7, 11) is 0. The van der Waals surface area contributed by atoms with Crippen molar-refractivity contribution in [1.82, 2.24) is 4.90 Å². The van der Waals surface area contributed by atoms with Gasteiger partial charge in [-0.15, -0.1) is 0 Å². The first-order valence-corrected chi connectivity index (χ1v) is 8.60. The standard InChI is InChI=1S/C19H26N2O3/c1-18(2,3)17(23)20-11-7-10-19(13-20)14-21(16(22)12-24-19)15-8-5-4-6-9-15/h4-6,8-9H,7,10-14H2,1-3H3. The molecule has 1 unspecified atom stereocenters. The van der Waals surface area contributed by atoms with Gasteiger partial charge in [0.25, 0.3) is 5.91 Å². The van der Waals surface area contributed by atoms with E-state index >= 15 is 0 Å². The van der Waals surface area contributed by atoms with Crippen LogP contribution in [0.15, 0.2) is 30.3 Å². The van der Waals surface area contributed by atoms with Gasteiger partial charge in [0.1, 0.15) is 12.2 Å². The van der Waals surface area contributed by atoms with Crippen LogP contribution in [0.2, 0.25) is 0 Å². The summed E-state index contributed by atoms with van der Waals surface area (Å²) in [4.78, 5) is 28.7. The van der Waals surface area contributed by atoms with E-state index in [2.05, 4.69) is 0 Å². The van der Waals surface area contributed by atoms with Gasteiger partial charge in [-0.2, -0.15) is 0 Å². The molecule has 0 radical (unpaired) electrons. The third-order valence-electron chi connectivity index (χ3n) is 4.79. The molecule has 0 saturated carbocycles. The lowest BCUT2D eigenvalue weighted by Gasteiger charge is -2.48. The molecule has 3 rings (SSSR count). The van der Waals surface area contributed by atoms with E-state index in [1.165, 1.54) is 0 Å². The smallest absolute Gasteiger partial charge is 0.253 e. The Morgan fingerprint density at radius 1 is 1.17 bits per heavy atom. The van der Waals surface area contributed by atoms with E-state index in [0.717, 1.165) is 25.1 Å². The second-order valence-electron chi connectivity index (χ2n) is 7.87. The first kappa shape index (κ1) is 17.0. The van der Waals surface area contributed by atoms with Crippen LogP contribution in [0.3, 0.4) is 0 Å². The molecule has 0 bridgehead atoms. The number of benzene rings is 1. The van der Waals surface area contributed by atoms with Crippen LogP contribution in [0.25, 0.3) is 0 Å². The van der Waals surface area contributed by atoms with Crippen molar-refractivity contribution >= 4 is 17.5 Å². The molecule has 2 heterocycles. The normalized spacial score (nSPS) is 25.2. The van der Waals surface area contributed by atoms with Crippen molar-refractivity contribution in [3.05, 3.63) is 30.3 Å². The Morgan fingerprint density at radius 2 is 1.88 bits per heavy atom. The van der Waals surface area contributed by atoms with Crippen LogP contribution in [0.1, 0.15) is 33.6 Å². The second-order valence-corrected chi connectivity index (χ2v) is 7.87. The summed E-state index contributed by atoms with van der Waals surface area (Å²) in [5.74, 6) is 0.124. The third-order valence-corrected chi connectivity index (χ3v) is 4.79. The summed E-state index contributed by atoms with van der Waals surface area (Å²) in [6.07, 6.45) is 1.77. The van der Waals surface area contributed by atoms with Gasteiger partial charge in [0.05, 0.1) is 13.1 Å². The van der Waals surface area contributed by atoms with Crippen LogP contribution in [0.5, 0.6) is 0 Å². The predicted molar refractivity (Wildman–Crippen MR) is 92.7 cm³/mol. The predicted octanol–water partition coefficient (Wildman–Crippen LogP) is 2.46. The minimum Gasteiger partial charge on any atom is -0.361 e. The minimum atomic E-state index is -0.455. The minimum absolute atomic E-state index is 0.0221. The molecular weight excluding hydrogens is 304 g/mol. The van der Waals surface area contributed by atoms with E-state index in [1.54, 1.807) is 4.90 Å². The number of likely N-dealkylation sites (tertiary alicyclic amines) is 1. The maximum Gasteiger partial charge on any atom is 0.253 e. The van der Waals surface area contributed by atoms with E-state index in [4.69, 9.17) is 4.74 Å². The highest BCUT2D eigenvalue weighted by Crippen LogP contribution is 2.33. The molecular formula is C19H26N2O3. The summed E-state index contributed by atoms with van der Waals surface area (Å²) < 4.78 is 5.98. The highest BCUT2D eigenvalue weighted by atomic mass is 16.5. The molecule has 2 fully saturated rings. The first-order chi connectivity index (χ1) is 11.3. The summed E-state index contributed by atoms with van der Waals surface area (Å²) in [5, 5.41) is 0. The number of hydrogen-bond acceptors (Lipinski definition) is 3. The van der Waals surface area contributed by atoms with E-state index in [-0.39, 0.29) is 18.4 Å². The molecule has 1 atom stereocenters. The van der Waals surface area contributed by atoms with E-state index in [0.29, 0.717) is 13.1 Å². The van der Waals surface area contributed by atoms with Gasteiger partial charge in [-0.3, -0.25) is 9.59 Å². The number of ether oxygens (including phenoxy) is 1. The van der Waals surface area contributed by atoms with Gasteiger partial charge in [0.2, 0.25) is 5.91 Å². The average molecular weight is 330 g/mol. The lowest BCUT2D eigenvalue weighted by atomic mass is 9.87. The molecule has 5 heteroatoms. The second kappa shape index (κ2) is 6.20. The first-order valence-electron chi connectivity index (χ1n) is 8.60. The number of morpholine rings is 1. The number of rotatable bonds is 1. The molecule has 5 nitrogen and oxygen atoms in total. The Labute approximate surface area is 143 Å². The average Bonchev–Trinajstić information content (AvgIpc) is 2.57. The quantitative estimate of drug-likeness (QED) is 0.795. The highest BCUT2D eigenvalue weighted by molar-refractivity contribution is 5.95. The monoisotopic (exact) mass is 330 g/mol. The fourth-order valence-corrected chi connectivity index (χ4v) is 3.55. The molecule has 130 valence electrons. The Hall–Kier alpha value is -1.88. The van der Waals surface area contributed by atoms with Crippen molar-refractivity contribution in [3.8, 4) is 0 Å². The molecule has 24 heavy (non-hydrogen) atoms. The molecule has 1 aromatic rings. The zero-order chi connectivity index (χ0) is 17.4. The summed E-state index contributed by atoms with van der Waals surface area (Å²) >= 11 is 0. The fraction of sp³-hybridized carbons (Fsp3) is 0.579. The maximum absolute atomic E-state index is 12.7. The Kier molecular flexibility index (Phi) is 4.38. The number of anilines is 1. The molecule has 2 aliphatic rings. The van der Waals surface area contributed by atoms with Crippen LogP contribution < -0.4 is 4.90 Å². The van der Waals surface area contributed by atoms with Gasteiger partial charge in [-0.05, 0) is 25.0 Å². The zero-order valence-electron chi connectivity index (χ0n) is 14.7. The van der Waals surface area contributed by atoms with E-state index in [9.17, 15) is 9.59 Å². The number of hydrogen-bond donors (Lipinski definition) is 0. The SMILES string of the molecule is CC(C)(C)C(=O)N1CCCC2(C1)CN(c1ccccc1)C(=O)CO2. The Morgan fingerprint density at radius 3 is 2.54 bits per heavy atom. The number of piperidine rings is 1. The van der Waals surface area contributed by atoms with Crippen LogP contribution in [-0.2, 0) is 14.3 Å². The van der Waals surface area contributed by atoms with Crippen LogP contribution in [0, 0.1) is 5.41 Å². The summed E-state index contributed by atoms with van der Waals surface area (Å²) in [6.45, 7) is 7.73. The van der Waals surface area contributed by atoms with Crippen LogP contribution in [-0.4, -0.2) is 48.6 Å². The topological polar surface area (TPSA) is 49.9 Å². The third kappa shape index (κ3) is 3.31. The molecule has 0 N–H and O–H groups in total. The molecule has 0 aromatic heterocycles. The van der Waals surface area contributed by atoms with Crippen LogP contribution >= 0.6 is 0 Å². The molecule has 0 aliphatic carbocycles. The van der Waals surface area contributed by atoms with Crippen molar-refractivity contribution < 1.29 is 14.3 Å². The number of nitrogens with zero attached hydrogens (tertiary/aromatic N) is 2. The maximum atomic E-state index is 12.7. The van der Waals surface area contributed by atoms with Gasteiger partial charge >= 0.3 is 0 Å². The zero-order valence-corrected chi connectivity index (χ0v) is 14.7. The summed E-state index contributed by atoms with van der Waals surface area (Å²) in [6, 6.07) is 9.69. The number of amides is 2. The van der Waals surface area contributed by atoms with Gasteiger partial charge in [-0.25, -0.2) is 0 Å². The largest absolute Gasteiger partial charge is 0.361 e. The lowest BCUT2D eigenvalue weighted by molar-refractivity contribution is -0.157. The van der Waals surface area contributed by atoms with Gasteiger partial charge < -0.3 is 14.5 Å². The Bertz CT molecular complexity index is 623. The lowest BCUT2D eigenvalue weighted by Crippen LogP contribution is -2.63. The highest BCUT2D eigenvalue weighted by Gasteiger charge is 2.45. The van der Waals surface area contributed by atoms with Crippen LogP contribution in [0.4, 0.5) is 5.69 Å². The van der Waals surface area contributed by atoms with Crippen molar-refractivity contribution in [3.63, 3.8) is 0 Å². The van der Waals surface area contributed by atoms with Gasteiger partial charge in [0.15, 0.2) is 0 Å². The molecule has 2 saturated heterocycles. The van der Waals surface area contributed by atoms with Crippen molar-refractivity contribution in [2.45, 2.75) is 39.2 Å². The molecule has 2 aliphatic heterocycles. The number of carbonyl (C=O) groups is 2. The number of carbonyl (C=O) groups excluding carboxylic acids is 2.